The van der Waals surface area contributed by atoms with Crippen LogP contribution >= 0.6 is 11.6 Å². The van der Waals surface area contributed by atoms with Crippen LogP contribution in [0.1, 0.15) is 21.5 Å². The Hall–Kier alpha value is -1.84. The second-order valence-corrected chi connectivity index (χ2v) is 6.00. The van der Waals surface area contributed by atoms with E-state index in [-0.39, 0.29) is 5.91 Å². The molecule has 0 aliphatic rings. The SMILES string of the molecule is CN(C)Cc1ccc(C(=O)NCCc2ccc(Cl)cc2)cc1. The molecule has 0 heterocycles. The Kier molecular flexibility index (Phi) is 5.99. The summed E-state index contributed by atoms with van der Waals surface area (Å²) in [5.74, 6) is -0.0367. The number of carbonyl (C=O) groups is 1. The van der Waals surface area contributed by atoms with Gasteiger partial charge in [-0.2, -0.15) is 0 Å². The molecule has 0 aliphatic heterocycles. The van der Waals surface area contributed by atoms with Crippen LogP contribution in [0.3, 0.4) is 0 Å². The van der Waals surface area contributed by atoms with Crippen molar-refractivity contribution >= 4 is 17.5 Å². The molecule has 2 aromatic rings. The fourth-order valence-corrected chi connectivity index (χ4v) is 2.33. The molecule has 3 nitrogen and oxygen atoms in total. The highest BCUT2D eigenvalue weighted by atomic mass is 35.5. The molecule has 0 saturated heterocycles. The average molecular weight is 317 g/mol. The topological polar surface area (TPSA) is 32.3 Å². The molecule has 0 radical (unpaired) electrons. The van der Waals surface area contributed by atoms with Crippen molar-refractivity contribution in [1.82, 2.24) is 10.2 Å². The smallest absolute Gasteiger partial charge is 0.251 e. The highest BCUT2D eigenvalue weighted by Crippen LogP contribution is 2.10. The molecule has 4 heteroatoms. The largest absolute Gasteiger partial charge is 0.352 e. The summed E-state index contributed by atoms with van der Waals surface area (Å²) in [4.78, 5) is 14.2. The highest BCUT2D eigenvalue weighted by Gasteiger charge is 2.05. The fraction of sp³-hybridized carbons (Fsp3) is 0.278. The van der Waals surface area contributed by atoms with Crippen molar-refractivity contribution in [3.05, 3.63) is 70.2 Å². The molecule has 0 bridgehead atoms. The first kappa shape index (κ1) is 16.5. The van der Waals surface area contributed by atoms with Crippen molar-refractivity contribution in [3.8, 4) is 0 Å². The van der Waals surface area contributed by atoms with Crippen LogP contribution in [-0.4, -0.2) is 31.4 Å². The lowest BCUT2D eigenvalue weighted by Gasteiger charge is -2.10. The maximum atomic E-state index is 12.1. The highest BCUT2D eigenvalue weighted by molar-refractivity contribution is 6.30. The van der Waals surface area contributed by atoms with E-state index >= 15 is 0 Å². The fourth-order valence-electron chi connectivity index (χ4n) is 2.20. The van der Waals surface area contributed by atoms with Gasteiger partial charge < -0.3 is 10.2 Å². The molecule has 2 rings (SSSR count). The molecule has 0 atom stereocenters. The van der Waals surface area contributed by atoms with Gasteiger partial charge in [0.25, 0.3) is 5.91 Å². The predicted octanol–water partition coefficient (Wildman–Crippen LogP) is 3.37. The normalized spacial score (nSPS) is 10.7. The van der Waals surface area contributed by atoms with E-state index in [1.807, 2.05) is 62.6 Å². The second kappa shape index (κ2) is 7.97. The van der Waals surface area contributed by atoms with Crippen LogP contribution in [0.4, 0.5) is 0 Å². The van der Waals surface area contributed by atoms with E-state index in [4.69, 9.17) is 11.6 Å². The molecule has 0 saturated carbocycles. The van der Waals surface area contributed by atoms with Gasteiger partial charge in [0.1, 0.15) is 0 Å². The Bertz CT molecular complexity index is 606. The summed E-state index contributed by atoms with van der Waals surface area (Å²) >= 11 is 5.85. The quantitative estimate of drug-likeness (QED) is 0.886. The zero-order valence-corrected chi connectivity index (χ0v) is 13.7. The van der Waals surface area contributed by atoms with Crippen LogP contribution in [0.25, 0.3) is 0 Å². The first-order valence-corrected chi connectivity index (χ1v) is 7.69. The monoisotopic (exact) mass is 316 g/mol. The Morgan fingerprint density at radius 2 is 1.59 bits per heavy atom. The zero-order chi connectivity index (χ0) is 15.9. The van der Waals surface area contributed by atoms with Gasteiger partial charge in [-0.05, 0) is 55.9 Å². The molecule has 22 heavy (non-hydrogen) atoms. The predicted molar refractivity (Wildman–Crippen MR) is 91.3 cm³/mol. The molecular formula is C18H21ClN2O. The van der Waals surface area contributed by atoms with E-state index in [1.165, 1.54) is 5.56 Å². The zero-order valence-electron chi connectivity index (χ0n) is 13.0. The summed E-state index contributed by atoms with van der Waals surface area (Å²) in [5.41, 5.74) is 3.05. The van der Waals surface area contributed by atoms with E-state index < -0.39 is 0 Å². The summed E-state index contributed by atoms with van der Waals surface area (Å²) in [5, 5.41) is 3.67. The third-order valence-electron chi connectivity index (χ3n) is 3.33. The molecule has 0 unspecified atom stereocenters. The summed E-state index contributed by atoms with van der Waals surface area (Å²) in [6.45, 7) is 1.48. The molecule has 0 fully saturated rings. The lowest BCUT2D eigenvalue weighted by atomic mass is 10.1. The summed E-state index contributed by atoms with van der Waals surface area (Å²) in [6.07, 6.45) is 0.793. The Labute approximate surface area is 136 Å². The maximum Gasteiger partial charge on any atom is 0.251 e. The minimum absolute atomic E-state index is 0.0367. The minimum atomic E-state index is -0.0367. The summed E-state index contributed by atoms with van der Waals surface area (Å²) in [7, 11) is 4.05. The van der Waals surface area contributed by atoms with Crippen molar-refractivity contribution in [1.29, 1.82) is 0 Å². The van der Waals surface area contributed by atoms with E-state index in [0.717, 1.165) is 23.6 Å². The molecule has 1 amide bonds. The molecule has 0 aliphatic carbocycles. The van der Waals surface area contributed by atoms with E-state index in [0.29, 0.717) is 12.1 Å². The molecule has 0 spiro atoms. The second-order valence-electron chi connectivity index (χ2n) is 5.57. The van der Waals surface area contributed by atoms with Crippen molar-refractivity contribution < 1.29 is 4.79 Å². The van der Waals surface area contributed by atoms with Gasteiger partial charge in [-0.3, -0.25) is 4.79 Å². The van der Waals surface area contributed by atoms with Crippen LogP contribution in [0.2, 0.25) is 5.02 Å². The van der Waals surface area contributed by atoms with Crippen LogP contribution in [0.15, 0.2) is 48.5 Å². The average Bonchev–Trinajstić information content (AvgIpc) is 2.49. The number of nitrogens with one attached hydrogen (secondary N) is 1. The number of benzene rings is 2. The van der Waals surface area contributed by atoms with E-state index in [9.17, 15) is 4.79 Å². The Morgan fingerprint density at radius 1 is 1.00 bits per heavy atom. The Morgan fingerprint density at radius 3 is 2.18 bits per heavy atom. The van der Waals surface area contributed by atoms with E-state index in [1.54, 1.807) is 0 Å². The lowest BCUT2D eigenvalue weighted by molar-refractivity contribution is 0.0954. The third kappa shape index (κ3) is 5.17. The first-order valence-electron chi connectivity index (χ1n) is 7.31. The number of amides is 1. The van der Waals surface area contributed by atoms with Gasteiger partial charge >= 0.3 is 0 Å². The van der Waals surface area contributed by atoms with Gasteiger partial charge in [-0.25, -0.2) is 0 Å². The number of rotatable bonds is 6. The van der Waals surface area contributed by atoms with Crippen LogP contribution in [0, 0.1) is 0 Å². The van der Waals surface area contributed by atoms with Crippen molar-refractivity contribution in [3.63, 3.8) is 0 Å². The van der Waals surface area contributed by atoms with Crippen LogP contribution in [0.5, 0.6) is 0 Å². The molecule has 2 aromatic carbocycles. The first-order chi connectivity index (χ1) is 10.5. The number of hydrogen-bond acceptors (Lipinski definition) is 2. The minimum Gasteiger partial charge on any atom is -0.352 e. The Balaban J connectivity index is 1.83. The van der Waals surface area contributed by atoms with Crippen molar-refractivity contribution in [2.45, 2.75) is 13.0 Å². The number of nitrogens with zero attached hydrogens (tertiary/aromatic N) is 1. The maximum absolute atomic E-state index is 12.1. The van der Waals surface area contributed by atoms with Gasteiger partial charge in [0, 0.05) is 23.7 Å². The van der Waals surface area contributed by atoms with Crippen LogP contribution in [-0.2, 0) is 13.0 Å². The number of halogens is 1. The summed E-state index contributed by atoms with van der Waals surface area (Å²) in [6, 6.07) is 15.4. The standard InChI is InChI=1S/C18H21ClN2O/c1-21(2)13-15-3-7-16(8-4-15)18(22)20-12-11-14-5-9-17(19)10-6-14/h3-10H,11-13H2,1-2H3,(H,20,22). The van der Waals surface area contributed by atoms with Gasteiger partial charge in [-0.15, -0.1) is 0 Å². The molecule has 1 N–H and O–H groups in total. The number of hydrogen-bond donors (Lipinski definition) is 1. The van der Waals surface area contributed by atoms with E-state index in [2.05, 4.69) is 10.2 Å². The van der Waals surface area contributed by atoms with Gasteiger partial charge in [0.2, 0.25) is 0 Å². The lowest BCUT2D eigenvalue weighted by Crippen LogP contribution is -2.25. The van der Waals surface area contributed by atoms with Gasteiger partial charge in [0.05, 0.1) is 0 Å². The third-order valence-corrected chi connectivity index (χ3v) is 3.58. The van der Waals surface area contributed by atoms with Gasteiger partial charge in [0.15, 0.2) is 0 Å². The molecule has 0 aromatic heterocycles. The summed E-state index contributed by atoms with van der Waals surface area (Å²) < 4.78 is 0. The molecular weight excluding hydrogens is 296 g/mol. The van der Waals surface area contributed by atoms with Crippen molar-refractivity contribution in [2.75, 3.05) is 20.6 Å². The molecule has 116 valence electrons. The van der Waals surface area contributed by atoms with Gasteiger partial charge in [-0.1, -0.05) is 35.9 Å². The van der Waals surface area contributed by atoms with Crippen LogP contribution < -0.4 is 5.32 Å². The van der Waals surface area contributed by atoms with Crippen molar-refractivity contribution in [2.24, 2.45) is 0 Å². The number of carbonyl (C=O) groups excluding carboxylic acids is 1.